The molecular formula is C21H15BrF2O4. The molecule has 3 aromatic rings. The van der Waals surface area contributed by atoms with E-state index in [0.717, 1.165) is 4.47 Å². The topological polar surface area (TPSA) is 48.7 Å². The summed E-state index contributed by atoms with van der Waals surface area (Å²) in [7, 11) is 0. The third-order valence-corrected chi connectivity index (χ3v) is 4.15. The average molecular weight is 449 g/mol. The van der Waals surface area contributed by atoms with Crippen LogP contribution in [0.15, 0.2) is 75.6 Å². The summed E-state index contributed by atoms with van der Waals surface area (Å²) in [5.74, 6) is 1.35. The fourth-order valence-electron chi connectivity index (χ4n) is 2.33. The Morgan fingerprint density at radius 1 is 1.07 bits per heavy atom. The molecule has 2 aromatic carbocycles. The molecule has 0 radical (unpaired) electrons. The Morgan fingerprint density at radius 2 is 1.86 bits per heavy atom. The Balaban J connectivity index is 1.58. The van der Waals surface area contributed by atoms with Crippen LogP contribution in [0.2, 0.25) is 0 Å². The zero-order valence-electron chi connectivity index (χ0n) is 14.5. The number of furan rings is 1. The van der Waals surface area contributed by atoms with Gasteiger partial charge >= 0.3 is 6.61 Å². The van der Waals surface area contributed by atoms with Crippen molar-refractivity contribution in [2.24, 2.45) is 0 Å². The molecule has 0 amide bonds. The van der Waals surface area contributed by atoms with Gasteiger partial charge in [0.1, 0.15) is 29.6 Å². The second-order valence-corrected chi connectivity index (χ2v) is 6.57. The standard InChI is InChI=1S/C21H15BrF2O4/c22-15-4-6-16(7-5-15)26-13-19-9-8-17(27-19)10-11-20(25)14-2-1-3-18(12-14)28-21(23)24/h1-12,21H,13H2/b11-10+. The van der Waals surface area contributed by atoms with Crippen molar-refractivity contribution in [3.05, 3.63) is 88.3 Å². The summed E-state index contributed by atoms with van der Waals surface area (Å²) in [6, 6.07) is 16.5. The third kappa shape index (κ3) is 5.79. The summed E-state index contributed by atoms with van der Waals surface area (Å²) in [5, 5.41) is 0. The number of hydrogen-bond donors (Lipinski definition) is 0. The Morgan fingerprint density at radius 3 is 2.61 bits per heavy atom. The second-order valence-electron chi connectivity index (χ2n) is 5.65. The van der Waals surface area contributed by atoms with Crippen molar-refractivity contribution < 1.29 is 27.5 Å². The molecule has 144 valence electrons. The van der Waals surface area contributed by atoms with Gasteiger partial charge in [0.25, 0.3) is 0 Å². The summed E-state index contributed by atoms with van der Waals surface area (Å²) in [5.41, 5.74) is 0.236. The maximum Gasteiger partial charge on any atom is 0.387 e. The first-order valence-electron chi connectivity index (χ1n) is 8.24. The molecule has 0 aliphatic carbocycles. The van der Waals surface area contributed by atoms with Crippen LogP contribution in [-0.2, 0) is 6.61 Å². The highest BCUT2D eigenvalue weighted by Gasteiger charge is 2.08. The van der Waals surface area contributed by atoms with Crippen LogP contribution in [0.1, 0.15) is 21.9 Å². The Kier molecular flexibility index (Phi) is 6.60. The van der Waals surface area contributed by atoms with Crippen LogP contribution in [0.4, 0.5) is 8.78 Å². The van der Waals surface area contributed by atoms with Gasteiger partial charge in [0, 0.05) is 10.0 Å². The minimum atomic E-state index is -2.94. The van der Waals surface area contributed by atoms with Crippen LogP contribution in [0.25, 0.3) is 6.08 Å². The van der Waals surface area contributed by atoms with Gasteiger partial charge in [-0.2, -0.15) is 8.78 Å². The predicted octanol–water partition coefficient (Wildman–Crippen LogP) is 6.12. The van der Waals surface area contributed by atoms with E-state index >= 15 is 0 Å². The van der Waals surface area contributed by atoms with Gasteiger partial charge in [0.15, 0.2) is 5.78 Å². The fourth-order valence-corrected chi connectivity index (χ4v) is 2.59. The highest BCUT2D eigenvalue weighted by Crippen LogP contribution is 2.19. The largest absolute Gasteiger partial charge is 0.486 e. The van der Waals surface area contributed by atoms with E-state index in [1.807, 2.05) is 24.3 Å². The van der Waals surface area contributed by atoms with Crippen molar-refractivity contribution in [3.63, 3.8) is 0 Å². The minimum absolute atomic E-state index is 0.0698. The van der Waals surface area contributed by atoms with E-state index in [9.17, 15) is 13.6 Å². The van der Waals surface area contributed by atoms with E-state index in [-0.39, 0.29) is 23.7 Å². The van der Waals surface area contributed by atoms with Gasteiger partial charge in [-0.25, -0.2) is 0 Å². The monoisotopic (exact) mass is 448 g/mol. The summed E-state index contributed by atoms with van der Waals surface area (Å²) in [4.78, 5) is 12.2. The molecule has 1 heterocycles. The molecule has 0 saturated carbocycles. The van der Waals surface area contributed by atoms with Crippen molar-refractivity contribution in [2.75, 3.05) is 0 Å². The molecule has 0 fully saturated rings. The van der Waals surface area contributed by atoms with Crippen molar-refractivity contribution in [1.29, 1.82) is 0 Å². The Bertz CT molecular complexity index is 965. The van der Waals surface area contributed by atoms with Gasteiger partial charge in [-0.3, -0.25) is 4.79 Å². The number of benzene rings is 2. The SMILES string of the molecule is O=C(/C=C/c1ccc(COc2ccc(Br)cc2)o1)c1cccc(OC(F)F)c1. The van der Waals surface area contributed by atoms with Crippen LogP contribution in [0, 0.1) is 0 Å². The van der Waals surface area contributed by atoms with Crippen molar-refractivity contribution >= 4 is 27.8 Å². The number of ether oxygens (including phenoxy) is 2. The van der Waals surface area contributed by atoms with E-state index in [1.54, 1.807) is 12.1 Å². The van der Waals surface area contributed by atoms with Crippen LogP contribution in [0.3, 0.4) is 0 Å². The summed E-state index contributed by atoms with van der Waals surface area (Å²) < 4.78 is 41.0. The van der Waals surface area contributed by atoms with E-state index in [1.165, 1.54) is 36.4 Å². The van der Waals surface area contributed by atoms with Gasteiger partial charge in [-0.15, -0.1) is 0 Å². The first-order chi connectivity index (χ1) is 13.5. The van der Waals surface area contributed by atoms with Crippen LogP contribution < -0.4 is 9.47 Å². The summed E-state index contributed by atoms with van der Waals surface area (Å²) in [6.07, 6.45) is 2.81. The normalized spacial score (nSPS) is 11.1. The van der Waals surface area contributed by atoms with Gasteiger partial charge in [0.05, 0.1) is 0 Å². The summed E-state index contributed by atoms with van der Waals surface area (Å²) in [6.45, 7) is -2.70. The first kappa shape index (κ1) is 19.8. The van der Waals surface area contributed by atoms with E-state index < -0.39 is 6.61 Å². The molecule has 3 rings (SSSR count). The number of alkyl halides is 2. The highest BCUT2D eigenvalue weighted by molar-refractivity contribution is 9.10. The van der Waals surface area contributed by atoms with Crippen LogP contribution in [-0.4, -0.2) is 12.4 Å². The van der Waals surface area contributed by atoms with Crippen LogP contribution >= 0.6 is 15.9 Å². The van der Waals surface area contributed by atoms with Gasteiger partial charge in [-0.1, -0.05) is 28.1 Å². The molecule has 1 aromatic heterocycles. The molecule has 0 unspecified atom stereocenters. The maximum absolute atomic E-state index is 12.3. The number of rotatable bonds is 8. The lowest BCUT2D eigenvalue weighted by Gasteiger charge is -2.04. The van der Waals surface area contributed by atoms with Crippen molar-refractivity contribution in [3.8, 4) is 11.5 Å². The molecule has 0 spiro atoms. The second kappa shape index (κ2) is 9.32. The van der Waals surface area contributed by atoms with Gasteiger partial charge in [-0.05, 0) is 60.7 Å². The van der Waals surface area contributed by atoms with E-state index in [0.29, 0.717) is 17.3 Å². The Labute approximate surface area is 168 Å². The quantitative estimate of drug-likeness (QED) is 0.307. The van der Waals surface area contributed by atoms with Crippen LogP contribution in [0.5, 0.6) is 11.5 Å². The molecule has 4 nitrogen and oxygen atoms in total. The molecule has 28 heavy (non-hydrogen) atoms. The van der Waals surface area contributed by atoms with E-state index in [4.69, 9.17) is 9.15 Å². The van der Waals surface area contributed by atoms with Gasteiger partial charge in [0.2, 0.25) is 0 Å². The number of ketones is 1. The smallest absolute Gasteiger partial charge is 0.387 e. The molecule has 0 aliphatic rings. The zero-order chi connectivity index (χ0) is 19.9. The number of carbonyl (C=O) groups excluding carboxylic acids is 1. The number of hydrogen-bond acceptors (Lipinski definition) is 4. The molecule has 0 atom stereocenters. The number of halogens is 3. The average Bonchev–Trinajstić information content (AvgIpc) is 3.13. The third-order valence-electron chi connectivity index (χ3n) is 3.62. The zero-order valence-corrected chi connectivity index (χ0v) is 16.1. The van der Waals surface area contributed by atoms with Crippen molar-refractivity contribution in [2.45, 2.75) is 13.2 Å². The minimum Gasteiger partial charge on any atom is -0.486 e. The molecule has 7 heteroatoms. The fraction of sp³-hybridized carbons (Fsp3) is 0.0952. The first-order valence-corrected chi connectivity index (χ1v) is 9.03. The molecule has 0 saturated heterocycles. The number of allylic oxidation sites excluding steroid dienone is 1. The molecule has 0 N–H and O–H groups in total. The highest BCUT2D eigenvalue weighted by atomic mass is 79.9. The van der Waals surface area contributed by atoms with Gasteiger partial charge < -0.3 is 13.9 Å². The lowest BCUT2D eigenvalue weighted by Crippen LogP contribution is -2.03. The lowest BCUT2D eigenvalue weighted by molar-refractivity contribution is -0.0498. The number of carbonyl (C=O) groups is 1. The Hall–Kier alpha value is -2.93. The lowest BCUT2D eigenvalue weighted by atomic mass is 10.1. The molecule has 0 aliphatic heterocycles. The predicted molar refractivity (Wildman–Crippen MR) is 104 cm³/mol. The summed E-state index contributed by atoms with van der Waals surface area (Å²) >= 11 is 3.36. The van der Waals surface area contributed by atoms with Crippen molar-refractivity contribution in [1.82, 2.24) is 0 Å². The molecule has 0 bridgehead atoms. The maximum atomic E-state index is 12.3. The van der Waals surface area contributed by atoms with E-state index in [2.05, 4.69) is 20.7 Å². The molecular weight excluding hydrogens is 434 g/mol.